The van der Waals surface area contributed by atoms with Crippen LogP contribution < -0.4 is 14.8 Å². The van der Waals surface area contributed by atoms with Crippen molar-refractivity contribution in [3.05, 3.63) is 29.3 Å². The molecule has 20 heavy (non-hydrogen) atoms. The molecule has 110 valence electrons. The number of nitrogens with one attached hydrogen (secondary N) is 1. The Morgan fingerprint density at radius 3 is 2.60 bits per heavy atom. The highest BCUT2D eigenvalue weighted by atomic mass is 16.5. The molecule has 1 aromatic rings. The molecule has 0 bridgehead atoms. The van der Waals surface area contributed by atoms with Crippen molar-refractivity contribution < 1.29 is 9.47 Å². The minimum Gasteiger partial charge on any atom is -0.497 e. The van der Waals surface area contributed by atoms with Crippen molar-refractivity contribution in [2.45, 2.75) is 32.7 Å². The highest BCUT2D eigenvalue weighted by molar-refractivity contribution is 5.62. The minimum atomic E-state index is 0.511. The van der Waals surface area contributed by atoms with Crippen molar-refractivity contribution in [3.8, 4) is 11.5 Å². The molecule has 0 radical (unpaired) electrons. The molecule has 0 heterocycles. The molecule has 0 saturated heterocycles. The summed E-state index contributed by atoms with van der Waals surface area (Å²) < 4.78 is 10.7. The zero-order chi connectivity index (χ0) is 14.5. The van der Waals surface area contributed by atoms with E-state index in [4.69, 9.17) is 9.47 Å². The summed E-state index contributed by atoms with van der Waals surface area (Å²) in [4.78, 5) is 0. The van der Waals surface area contributed by atoms with Crippen LogP contribution in [-0.4, -0.2) is 26.8 Å². The molecule has 0 aliphatic heterocycles. The van der Waals surface area contributed by atoms with Gasteiger partial charge in [-0.15, -0.1) is 0 Å². The minimum absolute atomic E-state index is 0.511. The molecule has 0 unspecified atom stereocenters. The normalized spacial score (nSPS) is 15.6. The van der Waals surface area contributed by atoms with Crippen LogP contribution in [0.5, 0.6) is 11.5 Å². The van der Waals surface area contributed by atoms with Crippen LogP contribution in [0.15, 0.2) is 23.8 Å². The van der Waals surface area contributed by atoms with Gasteiger partial charge >= 0.3 is 0 Å². The van der Waals surface area contributed by atoms with Crippen LogP contribution in [0.4, 0.5) is 0 Å². The molecule has 1 N–H and O–H groups in total. The number of hydrogen-bond acceptors (Lipinski definition) is 3. The molecular formula is C17H25NO2. The lowest BCUT2D eigenvalue weighted by Crippen LogP contribution is -2.21. The Labute approximate surface area is 122 Å². The number of rotatable bonds is 7. The summed E-state index contributed by atoms with van der Waals surface area (Å²) in [6.07, 6.45) is 4.85. The van der Waals surface area contributed by atoms with E-state index in [0.717, 1.165) is 29.6 Å². The standard InChI is InChI=1S/C17H25NO2/c1-12(2)14(11-18-15-5-6-15)9-13-10-16(19-3)7-8-17(13)20-4/h7-10,12,15,18H,5-6,11H2,1-4H3. The summed E-state index contributed by atoms with van der Waals surface area (Å²) in [6.45, 7) is 5.41. The van der Waals surface area contributed by atoms with Crippen LogP contribution in [0.2, 0.25) is 0 Å². The maximum absolute atomic E-state index is 5.44. The maximum Gasteiger partial charge on any atom is 0.126 e. The van der Waals surface area contributed by atoms with Crippen molar-refractivity contribution >= 4 is 6.08 Å². The Hall–Kier alpha value is -1.48. The molecule has 0 spiro atoms. The number of methoxy groups -OCH3 is 2. The SMILES string of the molecule is COc1ccc(OC)c(C=C(CNC2CC2)C(C)C)c1. The van der Waals surface area contributed by atoms with Crippen LogP contribution in [-0.2, 0) is 0 Å². The molecule has 1 aliphatic rings. The monoisotopic (exact) mass is 275 g/mol. The fraction of sp³-hybridized carbons (Fsp3) is 0.529. The van der Waals surface area contributed by atoms with Crippen molar-refractivity contribution in [3.63, 3.8) is 0 Å². The quantitative estimate of drug-likeness (QED) is 0.826. The van der Waals surface area contributed by atoms with Gasteiger partial charge in [0.2, 0.25) is 0 Å². The average Bonchev–Trinajstić information content (AvgIpc) is 3.26. The van der Waals surface area contributed by atoms with Gasteiger partial charge in [0, 0.05) is 18.2 Å². The summed E-state index contributed by atoms with van der Waals surface area (Å²) in [5.41, 5.74) is 2.47. The first kappa shape index (κ1) is 14.9. The van der Waals surface area contributed by atoms with Crippen LogP contribution in [0, 0.1) is 5.92 Å². The predicted molar refractivity (Wildman–Crippen MR) is 83.4 cm³/mol. The highest BCUT2D eigenvalue weighted by Gasteiger charge is 2.20. The second-order valence-electron chi connectivity index (χ2n) is 5.64. The molecule has 1 aromatic carbocycles. The van der Waals surface area contributed by atoms with Gasteiger partial charge in [-0.2, -0.15) is 0 Å². The molecule has 3 heteroatoms. The maximum atomic E-state index is 5.44. The van der Waals surface area contributed by atoms with Crippen LogP contribution >= 0.6 is 0 Å². The molecule has 1 saturated carbocycles. The summed E-state index contributed by atoms with van der Waals surface area (Å²) in [5, 5.41) is 3.58. The zero-order valence-corrected chi connectivity index (χ0v) is 12.9. The first-order valence-corrected chi connectivity index (χ1v) is 7.30. The second-order valence-corrected chi connectivity index (χ2v) is 5.64. The summed E-state index contributed by atoms with van der Waals surface area (Å²) in [5.74, 6) is 2.25. The van der Waals surface area contributed by atoms with Gasteiger partial charge in [0.25, 0.3) is 0 Å². The van der Waals surface area contributed by atoms with E-state index in [1.165, 1.54) is 18.4 Å². The molecule has 1 aliphatic carbocycles. The molecule has 0 atom stereocenters. The van der Waals surface area contributed by atoms with Crippen LogP contribution in [0.25, 0.3) is 6.08 Å². The fourth-order valence-corrected chi connectivity index (χ4v) is 2.12. The van der Waals surface area contributed by atoms with E-state index in [-0.39, 0.29) is 0 Å². The predicted octanol–water partition coefficient (Wildman–Crippen LogP) is 3.50. The van der Waals surface area contributed by atoms with Crippen LogP contribution in [0.1, 0.15) is 32.3 Å². The van der Waals surface area contributed by atoms with E-state index < -0.39 is 0 Å². The van der Waals surface area contributed by atoms with Crippen molar-refractivity contribution in [2.75, 3.05) is 20.8 Å². The lowest BCUT2D eigenvalue weighted by molar-refractivity contribution is 0.402. The van der Waals surface area contributed by atoms with Gasteiger partial charge in [-0.3, -0.25) is 0 Å². The number of hydrogen-bond donors (Lipinski definition) is 1. The zero-order valence-electron chi connectivity index (χ0n) is 12.9. The third-order valence-corrected chi connectivity index (χ3v) is 3.69. The Balaban J connectivity index is 2.22. The molecule has 3 nitrogen and oxygen atoms in total. The number of ether oxygens (including phenoxy) is 2. The van der Waals surface area contributed by atoms with E-state index in [9.17, 15) is 0 Å². The van der Waals surface area contributed by atoms with E-state index in [1.807, 2.05) is 18.2 Å². The van der Waals surface area contributed by atoms with Crippen molar-refractivity contribution in [1.82, 2.24) is 5.32 Å². The third kappa shape index (κ3) is 4.01. The molecule has 0 aromatic heterocycles. The molecule has 1 fully saturated rings. The second kappa shape index (κ2) is 6.80. The fourth-order valence-electron chi connectivity index (χ4n) is 2.12. The van der Waals surface area contributed by atoms with Gasteiger partial charge in [-0.25, -0.2) is 0 Å². The Morgan fingerprint density at radius 1 is 1.30 bits per heavy atom. The first-order chi connectivity index (χ1) is 9.63. The van der Waals surface area contributed by atoms with Gasteiger partial charge in [0.15, 0.2) is 0 Å². The van der Waals surface area contributed by atoms with Gasteiger partial charge in [-0.1, -0.05) is 25.5 Å². The lowest BCUT2D eigenvalue weighted by atomic mass is 9.99. The van der Waals surface area contributed by atoms with Gasteiger partial charge in [0.1, 0.15) is 11.5 Å². The molecule has 2 rings (SSSR count). The summed E-state index contributed by atoms with van der Waals surface area (Å²) in [7, 11) is 3.39. The van der Waals surface area contributed by atoms with E-state index >= 15 is 0 Å². The molecule has 0 amide bonds. The summed E-state index contributed by atoms with van der Waals surface area (Å²) >= 11 is 0. The van der Waals surface area contributed by atoms with Crippen LogP contribution in [0.3, 0.4) is 0 Å². The first-order valence-electron chi connectivity index (χ1n) is 7.30. The van der Waals surface area contributed by atoms with Gasteiger partial charge in [0.05, 0.1) is 14.2 Å². The van der Waals surface area contributed by atoms with Gasteiger partial charge < -0.3 is 14.8 Å². The van der Waals surface area contributed by atoms with Crippen molar-refractivity contribution in [1.29, 1.82) is 0 Å². The Kier molecular flexibility index (Phi) is 5.07. The average molecular weight is 275 g/mol. The van der Waals surface area contributed by atoms with Crippen molar-refractivity contribution in [2.24, 2.45) is 5.92 Å². The van der Waals surface area contributed by atoms with Gasteiger partial charge in [-0.05, 0) is 37.0 Å². The Bertz CT molecular complexity index is 476. The molecular weight excluding hydrogens is 250 g/mol. The lowest BCUT2D eigenvalue weighted by Gasteiger charge is -2.14. The Morgan fingerprint density at radius 2 is 2.05 bits per heavy atom. The topological polar surface area (TPSA) is 30.5 Å². The summed E-state index contributed by atoms with van der Waals surface area (Å²) in [6, 6.07) is 6.63. The van der Waals surface area contributed by atoms with E-state index in [2.05, 4.69) is 25.2 Å². The van der Waals surface area contributed by atoms with E-state index in [0.29, 0.717) is 5.92 Å². The van der Waals surface area contributed by atoms with E-state index in [1.54, 1.807) is 14.2 Å². The highest BCUT2D eigenvalue weighted by Crippen LogP contribution is 2.28. The third-order valence-electron chi connectivity index (χ3n) is 3.69. The largest absolute Gasteiger partial charge is 0.497 e. The number of benzene rings is 1. The smallest absolute Gasteiger partial charge is 0.126 e.